The summed E-state index contributed by atoms with van der Waals surface area (Å²) in [5.74, 6) is -0.638. The minimum Gasteiger partial charge on any atom is -0.468 e. The Kier molecular flexibility index (Phi) is 3.64. The number of piperidine rings is 3. The van der Waals surface area contributed by atoms with E-state index in [4.69, 9.17) is 4.74 Å². The van der Waals surface area contributed by atoms with Crippen LogP contribution in [0.4, 0.5) is 0 Å². The van der Waals surface area contributed by atoms with Crippen LogP contribution in [-0.2, 0) is 28.7 Å². The maximum atomic E-state index is 13.0. The fourth-order valence-electron chi connectivity index (χ4n) is 6.31. The monoisotopic (exact) mass is 382 g/mol. The van der Waals surface area contributed by atoms with Crippen LogP contribution in [0.5, 0.6) is 0 Å². The Bertz CT molecular complexity index is 1020. The van der Waals surface area contributed by atoms with Crippen LogP contribution in [-0.4, -0.2) is 52.0 Å². The molecule has 0 aliphatic carbocycles. The van der Waals surface area contributed by atoms with E-state index in [2.05, 4.69) is 16.7 Å². The van der Waals surface area contributed by atoms with Crippen LogP contribution < -0.4 is 0 Å². The van der Waals surface area contributed by atoms with Crippen molar-refractivity contribution in [2.24, 2.45) is 18.4 Å². The van der Waals surface area contributed by atoms with Gasteiger partial charge in [-0.25, -0.2) is 0 Å². The van der Waals surface area contributed by atoms with Crippen LogP contribution in [0.2, 0.25) is 0 Å². The van der Waals surface area contributed by atoms with E-state index in [1.807, 2.05) is 37.1 Å². The van der Waals surface area contributed by atoms with E-state index in [0.717, 1.165) is 27.7 Å². The van der Waals surface area contributed by atoms with Crippen molar-refractivity contribution < 1.29 is 19.7 Å². The van der Waals surface area contributed by atoms with Crippen molar-refractivity contribution in [3.05, 3.63) is 47.2 Å². The predicted octanol–water partition coefficient (Wildman–Crippen LogP) is 1.68. The van der Waals surface area contributed by atoms with E-state index in [-0.39, 0.29) is 24.5 Å². The number of hydrogen-bond acceptors (Lipinski definition) is 5. The Morgan fingerprint density at radius 1 is 1.39 bits per heavy atom. The number of fused-ring (bicyclic) bond motifs is 4. The van der Waals surface area contributed by atoms with Crippen LogP contribution >= 0.6 is 0 Å². The molecule has 2 aromatic rings. The van der Waals surface area contributed by atoms with Gasteiger partial charge in [0, 0.05) is 42.9 Å². The zero-order valence-corrected chi connectivity index (χ0v) is 16.5. The lowest BCUT2D eigenvalue weighted by Crippen LogP contribution is -2.75. The van der Waals surface area contributed by atoms with Gasteiger partial charge in [-0.05, 0) is 25.0 Å². The van der Waals surface area contributed by atoms with Crippen LogP contribution in [0.15, 0.2) is 35.9 Å². The average molecular weight is 382 g/mol. The van der Waals surface area contributed by atoms with Crippen molar-refractivity contribution in [2.45, 2.75) is 31.5 Å². The first kappa shape index (κ1) is 17.9. The molecule has 5 heterocycles. The number of carbonyl (C=O) groups is 1. The maximum Gasteiger partial charge on any atom is 0.316 e. The number of aliphatic hydroxyl groups excluding tert-OH is 1. The predicted molar refractivity (Wildman–Crippen MR) is 104 cm³/mol. The maximum absolute atomic E-state index is 13.0. The van der Waals surface area contributed by atoms with Gasteiger partial charge in [0.2, 0.25) is 0 Å². The molecule has 28 heavy (non-hydrogen) atoms. The lowest BCUT2D eigenvalue weighted by molar-refractivity contribution is -0.253. The van der Waals surface area contributed by atoms with Gasteiger partial charge >= 0.3 is 5.97 Å². The second-order valence-corrected chi connectivity index (χ2v) is 8.38. The first-order valence-corrected chi connectivity index (χ1v) is 9.84. The Balaban J connectivity index is 1.81. The van der Waals surface area contributed by atoms with Crippen LogP contribution in [0.3, 0.4) is 0 Å². The normalized spacial score (nSPS) is 37.3. The molecular weight excluding hydrogens is 356 g/mol. The number of nitrogens with zero attached hydrogens (tertiary/aromatic N) is 2. The molecule has 6 nitrogen and oxygen atoms in total. The summed E-state index contributed by atoms with van der Waals surface area (Å²) in [7, 11) is 3.38. The van der Waals surface area contributed by atoms with Crippen molar-refractivity contribution >= 4 is 16.9 Å². The van der Waals surface area contributed by atoms with Gasteiger partial charge in [0.1, 0.15) is 5.41 Å². The fraction of sp³-hybridized carbons (Fsp3) is 0.500. The Labute approximate surface area is 164 Å². The fourth-order valence-corrected chi connectivity index (χ4v) is 6.31. The van der Waals surface area contributed by atoms with Gasteiger partial charge in [0.15, 0.2) is 5.72 Å². The van der Waals surface area contributed by atoms with Crippen molar-refractivity contribution in [1.29, 1.82) is 0 Å². The third kappa shape index (κ3) is 1.81. The highest BCUT2D eigenvalue weighted by Crippen LogP contribution is 2.61. The third-order valence-corrected chi connectivity index (χ3v) is 7.54. The number of para-hydroxylation sites is 1. The lowest BCUT2D eigenvalue weighted by atomic mass is 9.54. The minimum atomic E-state index is -1.16. The number of allylic oxidation sites excluding steroid dienone is 1. The summed E-state index contributed by atoms with van der Waals surface area (Å²) in [5, 5.41) is 23.6. The molecular formula is C22H26N2O4. The zero-order chi connectivity index (χ0) is 19.8. The molecule has 4 aliphatic heterocycles. The molecule has 4 bridgehead atoms. The van der Waals surface area contributed by atoms with Crippen LogP contribution in [0.1, 0.15) is 24.6 Å². The molecule has 5 unspecified atom stereocenters. The van der Waals surface area contributed by atoms with E-state index < -0.39 is 11.1 Å². The number of aromatic nitrogens is 1. The summed E-state index contributed by atoms with van der Waals surface area (Å²) in [6.45, 7) is 2.26. The number of benzene rings is 1. The number of esters is 1. The molecule has 6 rings (SSSR count). The van der Waals surface area contributed by atoms with Crippen molar-refractivity contribution in [2.75, 3.05) is 20.3 Å². The smallest absolute Gasteiger partial charge is 0.316 e. The van der Waals surface area contributed by atoms with Crippen molar-refractivity contribution in [3.8, 4) is 0 Å². The molecule has 2 N–H and O–H groups in total. The summed E-state index contributed by atoms with van der Waals surface area (Å²) in [6, 6.07) is 7.83. The van der Waals surface area contributed by atoms with Crippen LogP contribution in [0.25, 0.3) is 10.9 Å². The topological polar surface area (TPSA) is 74.9 Å². The van der Waals surface area contributed by atoms with Gasteiger partial charge in [-0.15, -0.1) is 0 Å². The van der Waals surface area contributed by atoms with E-state index in [1.54, 1.807) is 0 Å². The number of ether oxygens (including phenoxy) is 1. The van der Waals surface area contributed by atoms with Gasteiger partial charge in [-0.1, -0.05) is 29.8 Å². The zero-order valence-electron chi connectivity index (χ0n) is 16.5. The number of methoxy groups -OCH3 is 1. The van der Waals surface area contributed by atoms with Gasteiger partial charge < -0.3 is 19.5 Å². The summed E-state index contributed by atoms with van der Waals surface area (Å²) < 4.78 is 7.29. The second-order valence-electron chi connectivity index (χ2n) is 8.38. The van der Waals surface area contributed by atoms with E-state index in [9.17, 15) is 15.0 Å². The third-order valence-electron chi connectivity index (χ3n) is 7.54. The van der Waals surface area contributed by atoms with Crippen molar-refractivity contribution in [3.63, 3.8) is 0 Å². The Morgan fingerprint density at radius 2 is 2.14 bits per heavy atom. The summed E-state index contributed by atoms with van der Waals surface area (Å²) >= 11 is 0. The molecule has 0 saturated carbocycles. The molecule has 6 heteroatoms. The van der Waals surface area contributed by atoms with Gasteiger partial charge in [0.05, 0.1) is 19.4 Å². The SMILES string of the molecule is CC=C1CN2C3Cc4c(n(C)c5ccccc45)C2(O)CC1C3(CO)C(=O)OC. The first-order valence-electron chi connectivity index (χ1n) is 9.84. The molecule has 5 atom stereocenters. The van der Waals surface area contributed by atoms with Gasteiger partial charge in [-0.3, -0.25) is 9.69 Å². The Hall–Kier alpha value is -2.15. The molecule has 148 valence electrons. The summed E-state index contributed by atoms with van der Waals surface area (Å²) in [5.41, 5.74) is 1.94. The molecule has 0 amide bonds. The molecule has 0 radical (unpaired) electrons. The largest absolute Gasteiger partial charge is 0.468 e. The van der Waals surface area contributed by atoms with E-state index in [1.165, 1.54) is 7.11 Å². The van der Waals surface area contributed by atoms with E-state index in [0.29, 0.717) is 19.4 Å². The van der Waals surface area contributed by atoms with Gasteiger partial charge in [0.25, 0.3) is 0 Å². The highest BCUT2D eigenvalue weighted by Gasteiger charge is 2.69. The highest BCUT2D eigenvalue weighted by molar-refractivity contribution is 5.87. The number of aliphatic hydroxyl groups is 2. The quantitative estimate of drug-likeness (QED) is 0.611. The standard InChI is InChI=1S/C22H26N2O4/c1-4-13-11-24-18-9-15-14-7-5-6-8-17(14)23(2)19(15)22(24,27)10-16(13)21(18,12-25)20(26)28-3/h4-8,16,18,25,27H,9-12H2,1-3H3. The molecule has 4 aliphatic rings. The number of hydrogen-bond donors (Lipinski definition) is 2. The number of aryl methyl sites for hydroxylation is 1. The molecule has 1 aromatic carbocycles. The average Bonchev–Trinajstić information content (AvgIpc) is 3.00. The summed E-state index contributed by atoms with van der Waals surface area (Å²) in [4.78, 5) is 15.1. The first-order chi connectivity index (χ1) is 13.4. The molecule has 1 aromatic heterocycles. The lowest BCUT2D eigenvalue weighted by Gasteiger charge is -2.65. The molecule has 0 spiro atoms. The molecule has 3 saturated heterocycles. The Morgan fingerprint density at radius 3 is 2.82 bits per heavy atom. The minimum absolute atomic E-state index is 0.249. The van der Waals surface area contributed by atoms with Crippen molar-refractivity contribution in [1.82, 2.24) is 9.47 Å². The summed E-state index contributed by atoms with van der Waals surface area (Å²) in [6.07, 6.45) is 2.99. The number of carbonyl (C=O) groups excluding carboxylic acids is 1. The van der Waals surface area contributed by atoms with Crippen LogP contribution in [0, 0.1) is 11.3 Å². The second kappa shape index (κ2) is 5.69. The highest BCUT2D eigenvalue weighted by atomic mass is 16.5. The molecule has 3 fully saturated rings. The van der Waals surface area contributed by atoms with Gasteiger partial charge in [-0.2, -0.15) is 0 Å². The number of rotatable bonds is 2. The van der Waals surface area contributed by atoms with E-state index >= 15 is 0 Å².